The summed E-state index contributed by atoms with van der Waals surface area (Å²) in [4.78, 5) is 5.37. The molecule has 0 aromatic carbocycles. The van der Waals surface area contributed by atoms with Crippen molar-refractivity contribution in [1.82, 2.24) is 4.98 Å². The van der Waals surface area contributed by atoms with Crippen LogP contribution in [0.5, 0.6) is 0 Å². The van der Waals surface area contributed by atoms with Crippen molar-refractivity contribution >= 4 is 28.8 Å². The quantitative estimate of drug-likeness (QED) is 0.921. The van der Waals surface area contributed by atoms with Gasteiger partial charge in [0.25, 0.3) is 0 Å². The summed E-state index contributed by atoms with van der Waals surface area (Å²) in [6, 6.07) is 11.3. The van der Waals surface area contributed by atoms with Crippen molar-refractivity contribution in [1.29, 1.82) is 5.26 Å². The SMILES string of the molecule is N#Cc1cccc(NCCc2ccc(Cl)s2)n1. The van der Waals surface area contributed by atoms with Gasteiger partial charge >= 0.3 is 0 Å². The minimum Gasteiger partial charge on any atom is -0.370 e. The van der Waals surface area contributed by atoms with Crippen molar-refractivity contribution in [2.24, 2.45) is 0 Å². The van der Waals surface area contributed by atoms with Gasteiger partial charge in [-0.05, 0) is 30.7 Å². The molecular formula is C12H10ClN3S. The molecule has 0 aliphatic carbocycles. The van der Waals surface area contributed by atoms with E-state index in [0.29, 0.717) is 5.69 Å². The first-order valence-electron chi connectivity index (χ1n) is 5.13. The van der Waals surface area contributed by atoms with Gasteiger partial charge in [-0.3, -0.25) is 0 Å². The Kier molecular flexibility index (Phi) is 3.97. The van der Waals surface area contributed by atoms with E-state index >= 15 is 0 Å². The van der Waals surface area contributed by atoms with E-state index in [1.165, 1.54) is 4.88 Å². The Labute approximate surface area is 109 Å². The number of rotatable bonds is 4. The molecule has 2 aromatic heterocycles. The maximum Gasteiger partial charge on any atom is 0.142 e. The maximum absolute atomic E-state index is 8.71. The van der Waals surface area contributed by atoms with Crippen LogP contribution in [-0.4, -0.2) is 11.5 Å². The summed E-state index contributed by atoms with van der Waals surface area (Å²) < 4.78 is 0.810. The lowest BCUT2D eigenvalue weighted by Gasteiger charge is -2.04. The van der Waals surface area contributed by atoms with Crippen molar-refractivity contribution in [3.63, 3.8) is 0 Å². The molecule has 0 saturated heterocycles. The Bertz CT molecular complexity index is 545. The van der Waals surface area contributed by atoms with E-state index in [9.17, 15) is 0 Å². The molecule has 17 heavy (non-hydrogen) atoms. The smallest absolute Gasteiger partial charge is 0.142 e. The molecule has 0 radical (unpaired) electrons. The summed E-state index contributed by atoms with van der Waals surface area (Å²) in [6.07, 6.45) is 0.899. The molecule has 0 aliphatic rings. The third kappa shape index (κ3) is 3.45. The van der Waals surface area contributed by atoms with Crippen LogP contribution in [0.25, 0.3) is 0 Å². The minimum absolute atomic E-state index is 0.425. The Balaban J connectivity index is 1.88. The van der Waals surface area contributed by atoms with Gasteiger partial charge in [-0.2, -0.15) is 5.26 Å². The van der Waals surface area contributed by atoms with E-state index in [0.717, 1.165) is 23.1 Å². The fourth-order valence-corrected chi connectivity index (χ4v) is 2.48. The van der Waals surface area contributed by atoms with Gasteiger partial charge in [-0.25, -0.2) is 4.98 Å². The fourth-order valence-electron chi connectivity index (χ4n) is 1.40. The highest BCUT2D eigenvalue weighted by atomic mass is 35.5. The number of hydrogen-bond donors (Lipinski definition) is 1. The largest absolute Gasteiger partial charge is 0.370 e. The van der Waals surface area contributed by atoms with Crippen LogP contribution in [-0.2, 0) is 6.42 Å². The molecule has 2 aromatic rings. The summed E-state index contributed by atoms with van der Waals surface area (Å²) in [6.45, 7) is 0.777. The van der Waals surface area contributed by atoms with Crippen LogP contribution >= 0.6 is 22.9 Å². The lowest BCUT2D eigenvalue weighted by molar-refractivity contribution is 1.03. The normalized spacial score (nSPS) is 9.88. The molecule has 1 N–H and O–H groups in total. The van der Waals surface area contributed by atoms with Crippen molar-refractivity contribution in [2.75, 3.05) is 11.9 Å². The van der Waals surface area contributed by atoms with Crippen LogP contribution in [0.3, 0.4) is 0 Å². The highest BCUT2D eigenvalue weighted by Gasteiger charge is 1.99. The molecule has 0 saturated carbocycles. The van der Waals surface area contributed by atoms with E-state index in [1.54, 1.807) is 17.4 Å². The average Bonchev–Trinajstić information content (AvgIpc) is 2.75. The summed E-state index contributed by atoms with van der Waals surface area (Å²) >= 11 is 7.43. The number of nitrogens with zero attached hydrogens (tertiary/aromatic N) is 2. The molecular weight excluding hydrogens is 254 g/mol. The first kappa shape index (κ1) is 11.9. The highest BCUT2D eigenvalue weighted by Crippen LogP contribution is 2.21. The lowest BCUT2D eigenvalue weighted by atomic mass is 10.3. The van der Waals surface area contributed by atoms with Crippen LogP contribution in [0.1, 0.15) is 10.6 Å². The number of hydrogen-bond acceptors (Lipinski definition) is 4. The Morgan fingerprint density at radius 1 is 1.35 bits per heavy atom. The Hall–Kier alpha value is -1.57. The van der Waals surface area contributed by atoms with Crippen LogP contribution in [0.4, 0.5) is 5.82 Å². The molecule has 0 fully saturated rings. The highest BCUT2D eigenvalue weighted by molar-refractivity contribution is 7.16. The molecule has 86 valence electrons. The first-order valence-corrected chi connectivity index (χ1v) is 6.32. The topological polar surface area (TPSA) is 48.7 Å². The van der Waals surface area contributed by atoms with Gasteiger partial charge in [0.1, 0.15) is 17.6 Å². The van der Waals surface area contributed by atoms with Crippen LogP contribution in [0.15, 0.2) is 30.3 Å². The second-order valence-corrected chi connectivity index (χ2v) is 5.20. The molecule has 2 rings (SSSR count). The van der Waals surface area contributed by atoms with Gasteiger partial charge in [-0.1, -0.05) is 17.7 Å². The number of aromatic nitrogens is 1. The third-order valence-electron chi connectivity index (χ3n) is 2.17. The van der Waals surface area contributed by atoms with Gasteiger partial charge in [0.2, 0.25) is 0 Å². The first-order chi connectivity index (χ1) is 8.28. The molecule has 3 nitrogen and oxygen atoms in total. The second kappa shape index (κ2) is 5.67. The number of halogens is 1. The lowest BCUT2D eigenvalue weighted by Crippen LogP contribution is -2.05. The Morgan fingerprint density at radius 3 is 2.94 bits per heavy atom. The molecule has 0 bridgehead atoms. The van der Waals surface area contributed by atoms with E-state index in [2.05, 4.69) is 10.3 Å². The standard InChI is InChI=1S/C12H10ClN3S/c13-11-5-4-10(17-11)6-7-15-12-3-1-2-9(8-14)16-12/h1-5H,6-7H2,(H,15,16). The molecule has 0 atom stereocenters. The molecule has 2 heterocycles. The van der Waals surface area contributed by atoms with Gasteiger partial charge in [0.15, 0.2) is 0 Å². The Morgan fingerprint density at radius 2 is 2.24 bits per heavy atom. The van der Waals surface area contributed by atoms with Crippen molar-refractivity contribution < 1.29 is 0 Å². The van der Waals surface area contributed by atoms with Crippen LogP contribution in [0.2, 0.25) is 4.34 Å². The molecule has 0 aliphatic heterocycles. The number of nitrogens with one attached hydrogen (secondary N) is 1. The van der Waals surface area contributed by atoms with E-state index < -0.39 is 0 Å². The monoisotopic (exact) mass is 263 g/mol. The molecule has 0 amide bonds. The zero-order valence-electron chi connectivity index (χ0n) is 8.98. The van der Waals surface area contributed by atoms with Crippen molar-refractivity contribution in [2.45, 2.75) is 6.42 Å². The van der Waals surface area contributed by atoms with E-state index in [-0.39, 0.29) is 0 Å². The number of anilines is 1. The van der Waals surface area contributed by atoms with Crippen molar-refractivity contribution in [3.05, 3.63) is 45.2 Å². The number of pyridine rings is 1. The predicted molar refractivity (Wildman–Crippen MR) is 70.5 cm³/mol. The molecule has 5 heteroatoms. The van der Waals surface area contributed by atoms with Crippen molar-refractivity contribution in [3.8, 4) is 6.07 Å². The molecule has 0 spiro atoms. The molecule has 0 unspecified atom stereocenters. The predicted octanol–water partition coefficient (Wildman–Crippen LogP) is 3.32. The van der Waals surface area contributed by atoms with E-state index in [1.807, 2.05) is 30.3 Å². The zero-order valence-corrected chi connectivity index (χ0v) is 10.6. The summed E-state index contributed by atoms with van der Waals surface area (Å²) in [5.74, 6) is 0.728. The van der Waals surface area contributed by atoms with Gasteiger partial charge < -0.3 is 5.32 Å². The van der Waals surface area contributed by atoms with Crippen LogP contribution in [0, 0.1) is 11.3 Å². The average molecular weight is 264 g/mol. The zero-order chi connectivity index (χ0) is 12.1. The van der Waals surface area contributed by atoms with E-state index in [4.69, 9.17) is 16.9 Å². The fraction of sp³-hybridized carbons (Fsp3) is 0.167. The number of nitriles is 1. The third-order valence-corrected chi connectivity index (χ3v) is 3.46. The number of thiophene rings is 1. The summed E-state index contributed by atoms with van der Waals surface area (Å²) in [7, 11) is 0. The maximum atomic E-state index is 8.71. The van der Waals surface area contributed by atoms with Crippen LogP contribution < -0.4 is 5.32 Å². The van der Waals surface area contributed by atoms with Gasteiger partial charge in [0.05, 0.1) is 4.34 Å². The van der Waals surface area contributed by atoms with Gasteiger partial charge in [-0.15, -0.1) is 11.3 Å². The van der Waals surface area contributed by atoms with Gasteiger partial charge in [0, 0.05) is 11.4 Å². The second-order valence-electron chi connectivity index (χ2n) is 3.40. The summed E-state index contributed by atoms with van der Waals surface area (Å²) in [5, 5.41) is 11.9. The summed E-state index contributed by atoms with van der Waals surface area (Å²) in [5.41, 5.74) is 0.425. The minimum atomic E-state index is 0.425.